The Kier molecular flexibility index (Phi) is 4.48. The van der Waals surface area contributed by atoms with Crippen molar-refractivity contribution < 1.29 is 14.6 Å². The Morgan fingerprint density at radius 2 is 1.76 bits per heavy atom. The van der Waals surface area contributed by atoms with Gasteiger partial charge in [-0.05, 0) is 12.1 Å². The summed E-state index contributed by atoms with van der Waals surface area (Å²) in [7, 11) is 0. The second-order valence-electron chi connectivity index (χ2n) is 4.82. The molecule has 5 heteroatoms. The van der Waals surface area contributed by atoms with Gasteiger partial charge in [-0.2, -0.15) is 0 Å². The van der Waals surface area contributed by atoms with Gasteiger partial charge in [-0.3, -0.25) is 0 Å². The van der Waals surface area contributed by atoms with Gasteiger partial charge in [0.25, 0.3) is 0 Å². The van der Waals surface area contributed by atoms with E-state index in [0.717, 1.165) is 11.1 Å². The van der Waals surface area contributed by atoms with Crippen molar-refractivity contribution in [3.05, 3.63) is 69.7 Å². The molecule has 0 spiro atoms. The molecule has 1 heterocycles. The molecule has 110 valence electrons. The molecular formula is C16H14Cl2O3. The summed E-state index contributed by atoms with van der Waals surface area (Å²) >= 11 is 12.1. The number of benzene rings is 2. The summed E-state index contributed by atoms with van der Waals surface area (Å²) in [5, 5.41) is 10.6. The lowest BCUT2D eigenvalue weighted by atomic mass is 10.1. The highest BCUT2D eigenvalue weighted by Crippen LogP contribution is 2.42. The van der Waals surface area contributed by atoms with Gasteiger partial charge >= 0.3 is 0 Å². The lowest BCUT2D eigenvalue weighted by molar-refractivity contribution is -0.0739. The highest BCUT2D eigenvalue weighted by molar-refractivity contribution is 6.35. The lowest BCUT2D eigenvalue weighted by Gasteiger charge is -2.16. The second-order valence-corrected chi connectivity index (χ2v) is 5.67. The van der Waals surface area contributed by atoms with Crippen LogP contribution < -0.4 is 0 Å². The Hall–Kier alpha value is -1.10. The van der Waals surface area contributed by atoms with Gasteiger partial charge in [0.05, 0.1) is 6.61 Å². The third-order valence-corrected chi connectivity index (χ3v) is 3.99. The van der Waals surface area contributed by atoms with E-state index < -0.39 is 18.5 Å². The number of hydrogen-bond donors (Lipinski definition) is 1. The van der Waals surface area contributed by atoms with E-state index in [2.05, 4.69) is 0 Å². The fourth-order valence-corrected chi connectivity index (χ4v) is 2.91. The molecule has 1 aliphatic heterocycles. The van der Waals surface area contributed by atoms with E-state index in [1.165, 1.54) is 0 Å². The summed E-state index contributed by atoms with van der Waals surface area (Å²) < 4.78 is 11.7. The quantitative estimate of drug-likeness (QED) is 0.922. The predicted molar refractivity (Wildman–Crippen MR) is 81.4 cm³/mol. The number of aliphatic hydroxyl groups excluding tert-OH is 1. The maximum absolute atomic E-state index is 9.53. The largest absolute Gasteiger partial charge is 0.394 e. The van der Waals surface area contributed by atoms with Gasteiger partial charge in [-0.15, -0.1) is 0 Å². The fraction of sp³-hybridized carbons (Fsp3) is 0.250. The molecule has 3 rings (SSSR count). The topological polar surface area (TPSA) is 38.7 Å². The normalized spacial score (nSPS) is 25.2. The Bertz CT molecular complexity index is 618. The number of aliphatic hydroxyl groups is 1. The average molecular weight is 325 g/mol. The van der Waals surface area contributed by atoms with Crippen LogP contribution in [-0.4, -0.2) is 17.8 Å². The van der Waals surface area contributed by atoms with E-state index in [-0.39, 0.29) is 6.61 Å². The minimum atomic E-state index is -0.514. The van der Waals surface area contributed by atoms with Gasteiger partial charge in [-0.1, -0.05) is 59.6 Å². The first-order valence-corrected chi connectivity index (χ1v) is 7.36. The molecule has 0 bridgehead atoms. The van der Waals surface area contributed by atoms with Crippen molar-refractivity contribution in [3.63, 3.8) is 0 Å². The monoisotopic (exact) mass is 324 g/mol. The summed E-state index contributed by atoms with van der Waals surface area (Å²) in [5.74, 6) is 0. The lowest BCUT2D eigenvalue weighted by Crippen LogP contribution is -2.19. The molecule has 2 unspecified atom stereocenters. The smallest absolute Gasteiger partial charge is 0.185 e. The van der Waals surface area contributed by atoms with Crippen LogP contribution in [0.15, 0.2) is 48.5 Å². The first-order valence-electron chi connectivity index (χ1n) is 6.60. The van der Waals surface area contributed by atoms with E-state index in [9.17, 15) is 5.11 Å². The van der Waals surface area contributed by atoms with Crippen molar-refractivity contribution in [1.29, 1.82) is 0 Å². The summed E-state index contributed by atoms with van der Waals surface area (Å²) in [4.78, 5) is 0. The van der Waals surface area contributed by atoms with Crippen LogP contribution >= 0.6 is 23.2 Å². The molecule has 1 aliphatic rings. The molecular weight excluding hydrogens is 311 g/mol. The zero-order valence-corrected chi connectivity index (χ0v) is 12.6. The second kappa shape index (κ2) is 6.34. The van der Waals surface area contributed by atoms with Crippen LogP contribution in [0.3, 0.4) is 0 Å². The predicted octanol–water partition coefficient (Wildman–Crippen LogP) is 4.14. The van der Waals surface area contributed by atoms with Gasteiger partial charge in [0.1, 0.15) is 12.2 Å². The standard InChI is InChI=1S/C16H14Cl2O3/c17-11-6-7-12(13(18)8-11)15-14(9-19)20-16(21-15)10-4-2-1-3-5-10/h1-8,14-16,19H,9H2/t14?,15-,16?/m1/s1. The molecule has 2 aromatic rings. The molecule has 1 saturated heterocycles. The van der Waals surface area contributed by atoms with Gasteiger partial charge < -0.3 is 14.6 Å². The Morgan fingerprint density at radius 1 is 1.00 bits per heavy atom. The van der Waals surface area contributed by atoms with Crippen molar-refractivity contribution in [2.45, 2.75) is 18.5 Å². The van der Waals surface area contributed by atoms with Crippen molar-refractivity contribution in [3.8, 4) is 0 Å². The van der Waals surface area contributed by atoms with Crippen LogP contribution in [0.1, 0.15) is 23.5 Å². The highest BCUT2D eigenvalue weighted by atomic mass is 35.5. The number of hydrogen-bond acceptors (Lipinski definition) is 3. The first kappa shape index (κ1) is 14.8. The van der Waals surface area contributed by atoms with Gasteiger partial charge in [0, 0.05) is 21.2 Å². The Morgan fingerprint density at radius 3 is 2.43 bits per heavy atom. The van der Waals surface area contributed by atoms with E-state index >= 15 is 0 Å². The number of ether oxygens (including phenoxy) is 2. The van der Waals surface area contributed by atoms with E-state index in [1.54, 1.807) is 18.2 Å². The van der Waals surface area contributed by atoms with Crippen molar-refractivity contribution >= 4 is 23.2 Å². The fourth-order valence-electron chi connectivity index (χ4n) is 2.39. The molecule has 3 atom stereocenters. The molecule has 0 saturated carbocycles. The van der Waals surface area contributed by atoms with Crippen molar-refractivity contribution in [2.75, 3.05) is 6.61 Å². The van der Waals surface area contributed by atoms with Crippen LogP contribution in [0.2, 0.25) is 10.0 Å². The third-order valence-electron chi connectivity index (χ3n) is 3.43. The minimum Gasteiger partial charge on any atom is -0.394 e. The SMILES string of the molecule is OCC1OC(c2ccccc2)O[C@@H]1c1ccc(Cl)cc1Cl. The van der Waals surface area contributed by atoms with Gasteiger partial charge in [-0.25, -0.2) is 0 Å². The van der Waals surface area contributed by atoms with E-state index in [0.29, 0.717) is 10.0 Å². The summed E-state index contributed by atoms with van der Waals surface area (Å²) in [6.45, 7) is -0.146. The maximum atomic E-state index is 9.53. The zero-order chi connectivity index (χ0) is 14.8. The van der Waals surface area contributed by atoms with Crippen molar-refractivity contribution in [1.82, 2.24) is 0 Å². The van der Waals surface area contributed by atoms with Gasteiger partial charge in [0.2, 0.25) is 0 Å². The van der Waals surface area contributed by atoms with Crippen LogP contribution in [0, 0.1) is 0 Å². The molecule has 0 aliphatic carbocycles. The third kappa shape index (κ3) is 3.07. The van der Waals surface area contributed by atoms with E-state index in [1.807, 2.05) is 30.3 Å². The summed E-state index contributed by atoms with van der Waals surface area (Å²) in [6.07, 6.45) is -1.40. The summed E-state index contributed by atoms with van der Waals surface area (Å²) in [5.41, 5.74) is 1.67. The molecule has 1 N–H and O–H groups in total. The van der Waals surface area contributed by atoms with Gasteiger partial charge in [0.15, 0.2) is 6.29 Å². The minimum absolute atomic E-state index is 0.146. The van der Waals surface area contributed by atoms with Crippen molar-refractivity contribution in [2.24, 2.45) is 0 Å². The molecule has 21 heavy (non-hydrogen) atoms. The Balaban J connectivity index is 1.88. The van der Waals surface area contributed by atoms with Crippen LogP contribution in [-0.2, 0) is 9.47 Å². The molecule has 0 aromatic heterocycles. The van der Waals surface area contributed by atoms with Crippen LogP contribution in [0.25, 0.3) is 0 Å². The molecule has 2 aromatic carbocycles. The van der Waals surface area contributed by atoms with E-state index in [4.69, 9.17) is 32.7 Å². The zero-order valence-electron chi connectivity index (χ0n) is 11.1. The molecule has 0 radical (unpaired) electrons. The average Bonchev–Trinajstić information content (AvgIpc) is 2.92. The maximum Gasteiger partial charge on any atom is 0.185 e. The molecule has 0 amide bonds. The van der Waals surface area contributed by atoms with Crippen LogP contribution in [0.5, 0.6) is 0 Å². The summed E-state index contributed by atoms with van der Waals surface area (Å²) in [6, 6.07) is 14.8. The first-order chi connectivity index (χ1) is 10.2. The highest BCUT2D eigenvalue weighted by Gasteiger charge is 2.38. The molecule has 3 nitrogen and oxygen atoms in total. The van der Waals surface area contributed by atoms with Crippen LogP contribution in [0.4, 0.5) is 0 Å². The Labute approximate surface area is 133 Å². The number of rotatable bonds is 3. The molecule has 1 fully saturated rings. The number of halogens is 2.